The third kappa shape index (κ3) is 6.14. The van der Waals surface area contributed by atoms with E-state index in [0.29, 0.717) is 29.3 Å². The number of nitrogens with zero attached hydrogens (tertiary/aromatic N) is 4. The quantitative estimate of drug-likeness (QED) is 0.285. The summed E-state index contributed by atoms with van der Waals surface area (Å²) in [6.07, 6.45) is 9.06. The standard InChI is InChI=1S/C31H36N6O3/c1-6-9-25-24(30(32)36-31(33)35-25)16-20-15-21(29(40-5)27(17-20)39-4)12-13-28(38)37-26(14-19(2)3)23-11-8-7-10-22(23)18-34-37/h7-8,10-15,17-18,26H,6,9,16H2,1-5H3,(H4,32,33,35,36)/b13-12+/t26-/m0/s1. The zero-order valence-electron chi connectivity index (χ0n) is 23.6. The highest BCUT2D eigenvalue weighted by Gasteiger charge is 2.26. The van der Waals surface area contributed by atoms with E-state index in [1.807, 2.05) is 56.3 Å². The molecule has 9 heteroatoms. The number of methoxy groups -OCH3 is 2. The van der Waals surface area contributed by atoms with Crippen LogP contribution in [0.25, 0.3) is 6.08 Å². The second kappa shape index (κ2) is 12.5. The average molecular weight is 541 g/mol. The molecule has 2 aromatic carbocycles. The van der Waals surface area contributed by atoms with Crippen molar-refractivity contribution in [2.75, 3.05) is 25.7 Å². The number of hydrogen-bond acceptors (Lipinski definition) is 8. The van der Waals surface area contributed by atoms with Crippen LogP contribution in [0.3, 0.4) is 0 Å². The minimum Gasteiger partial charge on any atom is -0.493 e. The largest absolute Gasteiger partial charge is 0.493 e. The van der Waals surface area contributed by atoms with Crippen LogP contribution >= 0.6 is 0 Å². The number of allylic oxidation sites excluding steroid dienone is 1. The molecule has 0 fully saturated rings. The second-order valence-corrected chi connectivity index (χ2v) is 9.82. The summed E-state index contributed by atoms with van der Waals surface area (Å²) in [7, 11) is 3.14. The summed E-state index contributed by atoms with van der Waals surface area (Å²) in [4.78, 5) is 22.1. The van der Waals surface area contributed by atoms with Crippen molar-refractivity contribution in [3.63, 3.8) is 0 Å². The Balaban J connectivity index is 1.69. The average Bonchev–Trinajstić information content (AvgIpc) is 2.93. The number of ether oxygens (including phenoxy) is 2. The van der Waals surface area contributed by atoms with Crippen LogP contribution in [-0.2, 0) is 17.6 Å². The fraction of sp³-hybridized carbons (Fsp3) is 0.290. The molecule has 0 saturated carbocycles. The number of aromatic nitrogens is 2. The Bertz CT molecular complexity index is 1490. The van der Waals surface area contributed by atoms with E-state index in [9.17, 15) is 4.79 Å². The van der Waals surface area contributed by atoms with Gasteiger partial charge in [0.25, 0.3) is 5.91 Å². The summed E-state index contributed by atoms with van der Waals surface area (Å²) in [5, 5.41) is 5.97. The summed E-state index contributed by atoms with van der Waals surface area (Å²) < 4.78 is 11.3. The molecule has 208 valence electrons. The lowest BCUT2D eigenvalue weighted by atomic mass is 9.97. The number of carbonyl (C=O) groups is 1. The van der Waals surface area contributed by atoms with E-state index < -0.39 is 0 Å². The topological polar surface area (TPSA) is 129 Å². The Morgan fingerprint density at radius 3 is 2.58 bits per heavy atom. The molecule has 0 saturated heterocycles. The van der Waals surface area contributed by atoms with Crippen molar-refractivity contribution in [3.05, 3.63) is 87.6 Å². The molecule has 4 rings (SSSR count). The molecule has 40 heavy (non-hydrogen) atoms. The van der Waals surface area contributed by atoms with Crippen LogP contribution in [0, 0.1) is 0 Å². The molecule has 1 aromatic heterocycles. The highest BCUT2D eigenvalue weighted by atomic mass is 16.5. The van der Waals surface area contributed by atoms with E-state index in [1.165, 1.54) is 11.1 Å². The van der Waals surface area contributed by atoms with Crippen molar-refractivity contribution in [1.82, 2.24) is 15.0 Å². The van der Waals surface area contributed by atoms with Gasteiger partial charge in [0.15, 0.2) is 11.5 Å². The van der Waals surface area contributed by atoms with Crippen molar-refractivity contribution in [1.29, 1.82) is 0 Å². The van der Waals surface area contributed by atoms with Crippen LogP contribution in [0.5, 0.6) is 11.5 Å². The Morgan fingerprint density at radius 2 is 1.88 bits per heavy atom. The zero-order valence-corrected chi connectivity index (χ0v) is 23.6. The number of amides is 1. The van der Waals surface area contributed by atoms with Gasteiger partial charge >= 0.3 is 0 Å². The molecule has 3 aromatic rings. The summed E-state index contributed by atoms with van der Waals surface area (Å²) in [6.45, 7) is 6.08. The summed E-state index contributed by atoms with van der Waals surface area (Å²) >= 11 is 0. The smallest absolute Gasteiger partial charge is 0.267 e. The van der Waals surface area contributed by atoms with Crippen LogP contribution < -0.4 is 20.9 Å². The number of nitrogens with two attached hydrogens (primary N) is 2. The normalized spacial score (nSPS) is 14.2. The van der Waals surface area contributed by atoms with Crippen LogP contribution in [0.4, 0.5) is 11.8 Å². The molecule has 1 aliphatic rings. The Kier molecular flexibility index (Phi) is 8.83. The van der Waals surface area contributed by atoms with E-state index in [2.05, 4.69) is 22.0 Å². The summed E-state index contributed by atoms with van der Waals surface area (Å²) in [5.74, 6) is 1.30. The molecule has 0 radical (unpaired) electrons. The first-order valence-electron chi connectivity index (χ1n) is 13.2. The molecular formula is C31H36N6O3. The molecule has 1 aliphatic heterocycles. The maximum Gasteiger partial charge on any atom is 0.267 e. The SMILES string of the molecule is CCCc1nc(N)nc(N)c1Cc1cc(/C=C/C(=O)N2N=Cc3ccccc3[C@@H]2C=C(C)C)c(OC)c(OC)c1. The Morgan fingerprint density at radius 1 is 1.10 bits per heavy atom. The van der Waals surface area contributed by atoms with Crippen LogP contribution in [0.15, 0.2) is 59.2 Å². The molecule has 0 unspecified atom stereocenters. The van der Waals surface area contributed by atoms with Crippen molar-refractivity contribution in [3.8, 4) is 11.5 Å². The van der Waals surface area contributed by atoms with Crippen LogP contribution in [-0.4, -0.2) is 41.3 Å². The van der Waals surface area contributed by atoms with E-state index >= 15 is 0 Å². The lowest BCUT2D eigenvalue weighted by Gasteiger charge is -2.29. The number of benzene rings is 2. The van der Waals surface area contributed by atoms with Gasteiger partial charge < -0.3 is 20.9 Å². The summed E-state index contributed by atoms with van der Waals surface area (Å²) in [6, 6.07) is 11.5. The van der Waals surface area contributed by atoms with Gasteiger partial charge in [-0.25, -0.2) is 9.99 Å². The number of nitrogen functional groups attached to an aromatic ring is 2. The second-order valence-electron chi connectivity index (χ2n) is 9.82. The van der Waals surface area contributed by atoms with Gasteiger partial charge in [-0.05, 0) is 49.6 Å². The third-order valence-corrected chi connectivity index (χ3v) is 6.60. The lowest BCUT2D eigenvalue weighted by molar-refractivity contribution is -0.127. The van der Waals surface area contributed by atoms with Gasteiger partial charge in [-0.15, -0.1) is 0 Å². The third-order valence-electron chi connectivity index (χ3n) is 6.60. The van der Waals surface area contributed by atoms with E-state index in [-0.39, 0.29) is 17.9 Å². The van der Waals surface area contributed by atoms with Crippen LogP contribution in [0.1, 0.15) is 66.7 Å². The van der Waals surface area contributed by atoms with Gasteiger partial charge in [0.2, 0.25) is 5.95 Å². The first-order chi connectivity index (χ1) is 19.2. The lowest BCUT2D eigenvalue weighted by Crippen LogP contribution is -2.31. The predicted octanol–water partition coefficient (Wildman–Crippen LogP) is 5.10. The van der Waals surface area contributed by atoms with Crippen molar-refractivity contribution >= 4 is 30.0 Å². The van der Waals surface area contributed by atoms with Crippen LogP contribution in [0.2, 0.25) is 0 Å². The number of aryl methyl sites for hydroxylation is 1. The monoisotopic (exact) mass is 540 g/mol. The maximum absolute atomic E-state index is 13.5. The summed E-state index contributed by atoms with van der Waals surface area (Å²) in [5.41, 5.74) is 18.4. The number of carbonyl (C=O) groups excluding carboxylic acids is 1. The van der Waals surface area contributed by atoms with Crippen molar-refractivity contribution in [2.45, 2.75) is 46.1 Å². The molecule has 0 spiro atoms. The minimum atomic E-state index is -0.309. The van der Waals surface area contributed by atoms with Crippen molar-refractivity contribution in [2.24, 2.45) is 5.10 Å². The van der Waals surface area contributed by atoms with Gasteiger partial charge in [0.05, 0.1) is 32.2 Å². The molecule has 0 bridgehead atoms. The fourth-order valence-electron chi connectivity index (χ4n) is 4.82. The van der Waals surface area contributed by atoms with E-state index in [1.54, 1.807) is 26.5 Å². The Hall–Kier alpha value is -4.66. The number of anilines is 2. The van der Waals surface area contributed by atoms with E-state index in [0.717, 1.165) is 46.4 Å². The van der Waals surface area contributed by atoms with Gasteiger partial charge in [-0.1, -0.05) is 49.3 Å². The number of hydrazone groups is 1. The minimum absolute atomic E-state index is 0.161. The molecular weight excluding hydrogens is 504 g/mol. The molecule has 9 nitrogen and oxygen atoms in total. The molecule has 2 heterocycles. The van der Waals surface area contributed by atoms with E-state index in [4.69, 9.17) is 20.9 Å². The molecule has 1 amide bonds. The number of hydrogen-bond donors (Lipinski definition) is 2. The first-order valence-corrected chi connectivity index (χ1v) is 13.2. The van der Waals surface area contributed by atoms with Crippen molar-refractivity contribution < 1.29 is 14.3 Å². The first kappa shape index (κ1) is 28.4. The number of rotatable bonds is 9. The van der Waals surface area contributed by atoms with Gasteiger partial charge in [-0.3, -0.25) is 4.79 Å². The Labute approximate surface area is 235 Å². The molecule has 4 N–H and O–H groups in total. The van der Waals surface area contributed by atoms with Gasteiger partial charge in [-0.2, -0.15) is 10.1 Å². The highest BCUT2D eigenvalue weighted by molar-refractivity contribution is 5.95. The molecule has 0 aliphatic carbocycles. The van der Waals surface area contributed by atoms with Gasteiger partial charge in [0.1, 0.15) is 5.82 Å². The number of fused-ring (bicyclic) bond motifs is 1. The zero-order chi connectivity index (χ0) is 28.8. The van der Waals surface area contributed by atoms with Gasteiger partial charge in [0, 0.05) is 29.2 Å². The molecule has 1 atom stereocenters. The predicted molar refractivity (Wildman–Crippen MR) is 159 cm³/mol. The maximum atomic E-state index is 13.5. The highest BCUT2D eigenvalue weighted by Crippen LogP contribution is 2.36. The fourth-order valence-corrected chi connectivity index (χ4v) is 4.82.